The van der Waals surface area contributed by atoms with Gasteiger partial charge in [0.05, 0.1) is 38.9 Å². The number of aromatic nitrogens is 1. The molecular formula is C24H30N2O4SSi. The molecule has 3 aliphatic rings. The van der Waals surface area contributed by atoms with E-state index >= 15 is 0 Å². The Morgan fingerprint density at radius 1 is 1.19 bits per heavy atom. The first-order valence-electron chi connectivity index (χ1n) is 11.1. The lowest BCUT2D eigenvalue weighted by Gasteiger charge is -2.37. The third kappa shape index (κ3) is 3.00. The minimum absolute atomic E-state index is 0.106. The van der Waals surface area contributed by atoms with E-state index in [-0.39, 0.29) is 16.9 Å². The lowest BCUT2D eigenvalue weighted by atomic mass is 9.71. The SMILES string of the molecule is CC(C)(C)[Si](C)(C)OCC[C@@]12C=C[C@@](C)(O1)[C@H]1C(=O)N(c3ccc4ncsc4c3)C(=O)[C@H]12. The highest BCUT2D eigenvalue weighted by Gasteiger charge is 2.71. The van der Waals surface area contributed by atoms with E-state index in [1.165, 1.54) is 16.2 Å². The van der Waals surface area contributed by atoms with Crippen LogP contribution >= 0.6 is 11.3 Å². The number of anilines is 1. The van der Waals surface area contributed by atoms with Crippen molar-refractivity contribution in [1.82, 2.24) is 4.98 Å². The molecule has 0 saturated carbocycles. The molecule has 8 heteroatoms. The molecule has 4 heterocycles. The predicted molar refractivity (Wildman–Crippen MR) is 128 cm³/mol. The molecule has 2 amide bonds. The first-order valence-corrected chi connectivity index (χ1v) is 14.9. The van der Waals surface area contributed by atoms with Crippen LogP contribution in [-0.2, 0) is 18.8 Å². The second-order valence-corrected chi connectivity index (χ2v) is 16.6. The summed E-state index contributed by atoms with van der Waals surface area (Å²) in [5.41, 5.74) is 1.69. The average molecular weight is 471 g/mol. The molecule has 1 aromatic carbocycles. The normalized spacial score (nSPS) is 31.9. The van der Waals surface area contributed by atoms with Gasteiger partial charge in [-0.3, -0.25) is 9.59 Å². The van der Waals surface area contributed by atoms with Crippen LogP contribution in [0.1, 0.15) is 34.1 Å². The van der Waals surface area contributed by atoms with Gasteiger partial charge in [0.25, 0.3) is 0 Å². The first kappa shape index (κ1) is 21.9. The Morgan fingerprint density at radius 3 is 2.62 bits per heavy atom. The fourth-order valence-electron chi connectivity index (χ4n) is 5.07. The van der Waals surface area contributed by atoms with E-state index in [1.807, 2.05) is 37.3 Å². The van der Waals surface area contributed by atoms with Crippen LogP contribution in [0.2, 0.25) is 18.1 Å². The van der Waals surface area contributed by atoms with Crippen molar-refractivity contribution in [2.75, 3.05) is 11.5 Å². The van der Waals surface area contributed by atoms with Crippen LogP contribution in [-0.4, -0.2) is 42.9 Å². The number of amides is 2. The third-order valence-corrected chi connectivity index (χ3v) is 13.2. The zero-order valence-corrected chi connectivity index (χ0v) is 21.3. The van der Waals surface area contributed by atoms with Crippen molar-refractivity contribution in [3.63, 3.8) is 0 Å². The van der Waals surface area contributed by atoms with Gasteiger partial charge < -0.3 is 9.16 Å². The van der Waals surface area contributed by atoms with Gasteiger partial charge in [-0.1, -0.05) is 32.9 Å². The van der Waals surface area contributed by atoms with Crippen LogP contribution in [0.25, 0.3) is 10.2 Å². The molecule has 0 aliphatic carbocycles. The van der Waals surface area contributed by atoms with Crippen molar-refractivity contribution < 1.29 is 18.8 Å². The average Bonchev–Trinajstić information content (AvgIpc) is 3.41. The molecular weight excluding hydrogens is 440 g/mol. The number of carbonyl (C=O) groups is 2. The molecule has 0 N–H and O–H groups in total. The summed E-state index contributed by atoms with van der Waals surface area (Å²) >= 11 is 1.50. The van der Waals surface area contributed by atoms with Gasteiger partial charge in [-0.05, 0) is 43.3 Å². The summed E-state index contributed by atoms with van der Waals surface area (Å²) in [5.74, 6) is -1.39. The van der Waals surface area contributed by atoms with Crippen molar-refractivity contribution in [3.8, 4) is 0 Å². The van der Waals surface area contributed by atoms with Crippen molar-refractivity contribution in [1.29, 1.82) is 0 Å². The number of hydrogen-bond acceptors (Lipinski definition) is 6. The molecule has 6 nitrogen and oxygen atoms in total. The first-order chi connectivity index (χ1) is 14.9. The summed E-state index contributed by atoms with van der Waals surface area (Å²) in [6.07, 6.45) is 4.54. The maximum absolute atomic E-state index is 13.7. The summed E-state index contributed by atoms with van der Waals surface area (Å²) in [7, 11) is -1.92. The van der Waals surface area contributed by atoms with E-state index in [2.05, 4.69) is 38.8 Å². The lowest BCUT2D eigenvalue weighted by molar-refractivity contribution is -0.129. The number of thiazole rings is 1. The molecule has 32 heavy (non-hydrogen) atoms. The quantitative estimate of drug-likeness (QED) is 0.353. The molecule has 3 aliphatic heterocycles. The molecule has 2 fully saturated rings. The fourth-order valence-corrected chi connectivity index (χ4v) is 6.82. The minimum Gasteiger partial charge on any atom is -0.417 e. The molecule has 1 aromatic heterocycles. The van der Waals surface area contributed by atoms with Crippen molar-refractivity contribution in [2.45, 2.75) is 63.5 Å². The smallest absolute Gasteiger partial charge is 0.241 e. The summed E-state index contributed by atoms with van der Waals surface area (Å²) in [5, 5.41) is 0.106. The largest absolute Gasteiger partial charge is 0.417 e. The summed E-state index contributed by atoms with van der Waals surface area (Å²) in [4.78, 5) is 32.9. The van der Waals surface area contributed by atoms with Gasteiger partial charge in [-0.15, -0.1) is 11.3 Å². The number of fused-ring (bicyclic) bond motifs is 6. The number of rotatable bonds is 5. The maximum Gasteiger partial charge on any atom is 0.241 e. The Kier molecular flexibility index (Phi) is 4.68. The molecule has 2 aromatic rings. The van der Waals surface area contributed by atoms with Crippen LogP contribution in [0.3, 0.4) is 0 Å². The highest BCUT2D eigenvalue weighted by atomic mass is 32.1. The number of carbonyl (C=O) groups excluding carboxylic acids is 2. The molecule has 0 unspecified atom stereocenters. The van der Waals surface area contributed by atoms with E-state index in [0.29, 0.717) is 18.7 Å². The Balaban J connectivity index is 1.43. The molecule has 0 radical (unpaired) electrons. The monoisotopic (exact) mass is 470 g/mol. The van der Waals surface area contributed by atoms with Gasteiger partial charge in [0.2, 0.25) is 11.8 Å². The van der Waals surface area contributed by atoms with Gasteiger partial charge in [0.1, 0.15) is 5.60 Å². The predicted octanol–water partition coefficient (Wildman–Crippen LogP) is 4.91. The zero-order chi connectivity index (χ0) is 23.1. The maximum atomic E-state index is 13.7. The van der Waals surface area contributed by atoms with Gasteiger partial charge in [0.15, 0.2) is 8.32 Å². The molecule has 4 atom stereocenters. The van der Waals surface area contributed by atoms with E-state index in [1.54, 1.807) is 5.51 Å². The highest BCUT2D eigenvalue weighted by molar-refractivity contribution is 7.16. The van der Waals surface area contributed by atoms with Gasteiger partial charge in [-0.25, -0.2) is 9.88 Å². The Hall–Kier alpha value is -1.87. The Bertz CT molecular complexity index is 1150. The number of benzene rings is 1. The highest BCUT2D eigenvalue weighted by Crippen LogP contribution is 2.59. The van der Waals surface area contributed by atoms with E-state index < -0.39 is 31.4 Å². The molecule has 5 rings (SSSR count). The van der Waals surface area contributed by atoms with Gasteiger partial charge in [-0.2, -0.15) is 0 Å². The Morgan fingerprint density at radius 2 is 1.91 bits per heavy atom. The fraction of sp³-hybridized carbons (Fsp3) is 0.542. The second-order valence-electron chi connectivity index (χ2n) is 10.9. The third-order valence-electron chi connectivity index (χ3n) is 7.89. The van der Waals surface area contributed by atoms with Crippen LogP contribution in [0.4, 0.5) is 5.69 Å². The molecule has 2 bridgehead atoms. The number of imide groups is 1. The van der Waals surface area contributed by atoms with E-state index in [0.717, 1.165) is 10.2 Å². The van der Waals surface area contributed by atoms with Crippen LogP contribution in [0.15, 0.2) is 35.9 Å². The van der Waals surface area contributed by atoms with Crippen molar-refractivity contribution in [2.24, 2.45) is 11.8 Å². The standard InChI is InChI=1S/C24H30N2O4SSi/c1-22(2,3)32(5,6)29-12-11-24-10-9-23(4,30-24)18-19(24)21(28)26(20(18)27)15-7-8-16-17(13-15)31-14-25-16/h7-10,13-14,18-19H,11-12H2,1-6H3/t18-,19+,23-,24-/m1/s1. The van der Waals surface area contributed by atoms with E-state index in [9.17, 15) is 9.59 Å². The lowest BCUT2D eigenvalue weighted by Crippen LogP contribution is -2.44. The number of nitrogens with zero attached hydrogens (tertiary/aromatic N) is 2. The van der Waals surface area contributed by atoms with Crippen LogP contribution in [0.5, 0.6) is 0 Å². The van der Waals surface area contributed by atoms with Crippen molar-refractivity contribution >= 4 is 47.4 Å². The van der Waals surface area contributed by atoms with Gasteiger partial charge in [0, 0.05) is 13.0 Å². The molecule has 0 spiro atoms. The van der Waals surface area contributed by atoms with Crippen LogP contribution < -0.4 is 4.90 Å². The second kappa shape index (κ2) is 6.82. The van der Waals surface area contributed by atoms with Crippen LogP contribution in [0, 0.1) is 11.8 Å². The summed E-state index contributed by atoms with van der Waals surface area (Å²) in [6, 6.07) is 5.56. The van der Waals surface area contributed by atoms with E-state index in [4.69, 9.17) is 9.16 Å². The van der Waals surface area contributed by atoms with Crippen molar-refractivity contribution in [3.05, 3.63) is 35.9 Å². The molecule has 2 saturated heterocycles. The zero-order valence-electron chi connectivity index (χ0n) is 19.5. The van der Waals surface area contributed by atoms with Gasteiger partial charge >= 0.3 is 0 Å². The Labute approximate surface area is 193 Å². The summed E-state index contributed by atoms with van der Waals surface area (Å²) < 4.78 is 13.8. The number of hydrogen-bond donors (Lipinski definition) is 0. The number of ether oxygens (including phenoxy) is 1. The summed E-state index contributed by atoms with van der Waals surface area (Å²) in [6.45, 7) is 13.5. The topological polar surface area (TPSA) is 68.7 Å². The minimum atomic E-state index is -1.92. The molecule has 170 valence electrons.